The molecule has 0 saturated heterocycles. The lowest BCUT2D eigenvalue weighted by molar-refractivity contribution is -0.140. The summed E-state index contributed by atoms with van der Waals surface area (Å²) in [6, 6.07) is 7.49. The number of halogens is 2. The van der Waals surface area contributed by atoms with Crippen molar-refractivity contribution >= 4 is 41.1 Å². The van der Waals surface area contributed by atoms with Crippen LogP contribution < -0.4 is 0 Å². The van der Waals surface area contributed by atoms with Crippen molar-refractivity contribution < 1.29 is 29.7 Å². The summed E-state index contributed by atoms with van der Waals surface area (Å²) in [6.07, 6.45) is 0.391. The smallest absolute Gasteiger partial charge is 0.317 e. The second-order valence-electron chi connectivity index (χ2n) is 8.32. The Hall–Kier alpha value is -2.90. The fourth-order valence-electron chi connectivity index (χ4n) is 3.62. The van der Waals surface area contributed by atoms with Gasteiger partial charge in [0.25, 0.3) is 0 Å². The quantitative estimate of drug-likeness (QED) is 0.257. The Morgan fingerprint density at radius 1 is 0.703 bits per heavy atom. The number of rotatable bonds is 17. The first-order valence-electron chi connectivity index (χ1n) is 11.5. The predicted molar refractivity (Wildman–Crippen MR) is 136 cm³/mol. The molecule has 0 aliphatic carbocycles. The molecule has 0 amide bonds. The van der Waals surface area contributed by atoms with Crippen molar-refractivity contribution in [1.82, 2.24) is 29.7 Å². The van der Waals surface area contributed by atoms with Crippen LogP contribution in [-0.4, -0.2) is 115 Å². The molecular formula is C23H30Cl2N6O6. The third kappa shape index (κ3) is 12.3. The summed E-state index contributed by atoms with van der Waals surface area (Å²) in [7, 11) is 0. The van der Waals surface area contributed by atoms with E-state index in [0.717, 1.165) is 11.1 Å². The van der Waals surface area contributed by atoms with Crippen LogP contribution in [0.25, 0.3) is 0 Å². The Labute approximate surface area is 224 Å². The average molecular weight is 557 g/mol. The van der Waals surface area contributed by atoms with Crippen LogP contribution in [-0.2, 0) is 27.3 Å². The van der Waals surface area contributed by atoms with Crippen molar-refractivity contribution in [3.05, 3.63) is 51.8 Å². The molecule has 0 aliphatic rings. The molecule has 1 aromatic heterocycles. The summed E-state index contributed by atoms with van der Waals surface area (Å²) in [5, 5.41) is 27.7. The number of aromatic nitrogens is 3. The molecule has 0 spiro atoms. The molecule has 0 bridgehead atoms. The van der Waals surface area contributed by atoms with Crippen LogP contribution in [0.15, 0.2) is 24.3 Å². The Morgan fingerprint density at radius 3 is 1.65 bits per heavy atom. The minimum absolute atomic E-state index is 0.0113. The number of carboxylic acid groups (broad SMARTS) is 3. The van der Waals surface area contributed by atoms with E-state index in [4.69, 9.17) is 28.3 Å². The number of hydrogen-bond donors (Lipinski definition) is 3. The zero-order valence-corrected chi connectivity index (χ0v) is 21.9. The number of carbonyl (C=O) groups is 3. The number of nitrogens with zero attached hydrogens (tertiary/aromatic N) is 6. The van der Waals surface area contributed by atoms with E-state index in [2.05, 4.69) is 15.0 Å². The maximum absolute atomic E-state index is 11.4. The van der Waals surface area contributed by atoms with Crippen molar-refractivity contribution in [3.8, 4) is 0 Å². The molecule has 202 valence electrons. The van der Waals surface area contributed by atoms with Gasteiger partial charge in [0, 0.05) is 39.1 Å². The van der Waals surface area contributed by atoms with Crippen LogP contribution in [0.3, 0.4) is 0 Å². The Bertz CT molecular complexity index is 1040. The van der Waals surface area contributed by atoms with Crippen LogP contribution in [0.4, 0.5) is 0 Å². The number of benzene rings is 1. The largest absolute Gasteiger partial charge is 0.480 e. The molecule has 0 saturated carbocycles. The minimum Gasteiger partial charge on any atom is -0.480 e. The van der Waals surface area contributed by atoms with E-state index in [1.807, 2.05) is 31.2 Å². The molecule has 1 heterocycles. The summed E-state index contributed by atoms with van der Waals surface area (Å²) >= 11 is 11.6. The fraction of sp³-hybridized carbons (Fsp3) is 0.478. The zero-order chi connectivity index (χ0) is 27.4. The molecule has 3 N–H and O–H groups in total. The van der Waals surface area contributed by atoms with Crippen LogP contribution in [0.5, 0.6) is 0 Å². The molecule has 12 nitrogen and oxygen atoms in total. The Balaban J connectivity index is 2.00. The second kappa shape index (κ2) is 15.4. The monoisotopic (exact) mass is 556 g/mol. The number of likely N-dealkylation sites (N-methyl/N-ethyl adjacent to an activating group) is 1. The molecule has 1 aromatic carbocycles. The van der Waals surface area contributed by atoms with Crippen LogP contribution in [0, 0.1) is 0 Å². The van der Waals surface area contributed by atoms with Gasteiger partial charge in [-0.3, -0.25) is 29.1 Å². The molecule has 0 aliphatic heterocycles. The maximum atomic E-state index is 11.4. The molecular weight excluding hydrogens is 527 g/mol. The van der Waals surface area contributed by atoms with Gasteiger partial charge >= 0.3 is 17.9 Å². The lowest BCUT2D eigenvalue weighted by Crippen LogP contribution is -2.43. The highest BCUT2D eigenvalue weighted by atomic mass is 35.5. The van der Waals surface area contributed by atoms with Gasteiger partial charge < -0.3 is 15.3 Å². The van der Waals surface area contributed by atoms with Gasteiger partial charge in [-0.2, -0.15) is 4.98 Å². The number of hydrogen-bond acceptors (Lipinski definition) is 9. The molecule has 2 rings (SSSR count). The molecule has 0 radical (unpaired) electrons. The first-order chi connectivity index (χ1) is 17.5. The van der Waals surface area contributed by atoms with Crippen LogP contribution in [0.1, 0.15) is 23.9 Å². The van der Waals surface area contributed by atoms with Crippen molar-refractivity contribution in [1.29, 1.82) is 0 Å². The maximum Gasteiger partial charge on any atom is 0.317 e. The Kier molecular flexibility index (Phi) is 12.6. The standard InChI is InChI=1S/C23H30Cl2N6O6/c1-2-29(13-19(32)33)7-8-30(14-20(34)35)9-10-31(15-21(36)37)12-17-5-3-16(4-6-17)11-18-26-22(24)28-23(25)27-18/h3-6H,2,7-15H2,1H3,(H,32,33)(H,34,35)(H,36,37). The minimum atomic E-state index is -1.01. The van der Waals surface area contributed by atoms with E-state index in [0.29, 0.717) is 51.5 Å². The molecule has 2 aromatic rings. The summed E-state index contributed by atoms with van der Waals surface area (Å²) in [4.78, 5) is 50.7. The highest BCUT2D eigenvalue weighted by Crippen LogP contribution is 2.13. The van der Waals surface area contributed by atoms with Gasteiger partial charge in [0.1, 0.15) is 5.82 Å². The summed E-state index contributed by atoms with van der Waals surface area (Å²) in [6.45, 7) is 3.46. The zero-order valence-electron chi connectivity index (χ0n) is 20.4. The lowest BCUT2D eigenvalue weighted by Gasteiger charge is -2.28. The van der Waals surface area contributed by atoms with Gasteiger partial charge in [0.2, 0.25) is 10.6 Å². The number of aliphatic carboxylic acids is 3. The van der Waals surface area contributed by atoms with E-state index in [1.165, 1.54) is 0 Å². The topological polar surface area (TPSA) is 160 Å². The highest BCUT2D eigenvalue weighted by molar-refractivity contribution is 6.31. The highest BCUT2D eigenvalue weighted by Gasteiger charge is 2.17. The van der Waals surface area contributed by atoms with Gasteiger partial charge in [-0.05, 0) is 40.9 Å². The molecule has 0 atom stereocenters. The molecule has 14 heteroatoms. The third-order valence-corrected chi connectivity index (χ3v) is 5.75. The second-order valence-corrected chi connectivity index (χ2v) is 9.00. The van der Waals surface area contributed by atoms with Gasteiger partial charge in [-0.25, -0.2) is 9.97 Å². The van der Waals surface area contributed by atoms with E-state index in [1.54, 1.807) is 14.7 Å². The van der Waals surface area contributed by atoms with E-state index < -0.39 is 17.9 Å². The first kappa shape index (κ1) is 30.3. The predicted octanol–water partition coefficient (Wildman–Crippen LogP) is 1.45. The normalized spacial score (nSPS) is 11.4. The summed E-state index contributed by atoms with van der Waals surface area (Å²) in [5.41, 5.74) is 1.78. The van der Waals surface area contributed by atoms with Gasteiger partial charge in [0.05, 0.1) is 19.6 Å². The van der Waals surface area contributed by atoms with E-state index in [-0.39, 0.29) is 30.2 Å². The van der Waals surface area contributed by atoms with Gasteiger partial charge in [-0.15, -0.1) is 0 Å². The SMILES string of the molecule is CCN(CCN(CCN(CC(=O)O)Cc1ccc(Cc2nc(Cl)nc(Cl)n2)cc1)CC(=O)O)CC(=O)O. The lowest BCUT2D eigenvalue weighted by atomic mass is 10.1. The van der Waals surface area contributed by atoms with Crippen molar-refractivity contribution in [2.45, 2.75) is 19.9 Å². The van der Waals surface area contributed by atoms with Crippen LogP contribution in [0.2, 0.25) is 10.6 Å². The van der Waals surface area contributed by atoms with Crippen molar-refractivity contribution in [2.75, 3.05) is 52.4 Å². The average Bonchev–Trinajstić information content (AvgIpc) is 2.79. The number of carboxylic acids is 3. The first-order valence-corrected chi connectivity index (χ1v) is 12.3. The summed E-state index contributed by atoms with van der Waals surface area (Å²) < 4.78 is 0. The van der Waals surface area contributed by atoms with E-state index >= 15 is 0 Å². The van der Waals surface area contributed by atoms with Crippen LogP contribution >= 0.6 is 23.2 Å². The van der Waals surface area contributed by atoms with Gasteiger partial charge in [-0.1, -0.05) is 31.2 Å². The molecule has 0 unspecified atom stereocenters. The van der Waals surface area contributed by atoms with Crippen molar-refractivity contribution in [3.63, 3.8) is 0 Å². The summed E-state index contributed by atoms with van der Waals surface area (Å²) in [5.74, 6) is -2.54. The van der Waals surface area contributed by atoms with Gasteiger partial charge in [0.15, 0.2) is 0 Å². The van der Waals surface area contributed by atoms with E-state index in [9.17, 15) is 24.6 Å². The molecule has 0 fully saturated rings. The fourth-order valence-corrected chi connectivity index (χ4v) is 4.02. The van der Waals surface area contributed by atoms with Crippen molar-refractivity contribution in [2.24, 2.45) is 0 Å². The third-order valence-electron chi connectivity index (χ3n) is 5.41. The molecule has 37 heavy (non-hydrogen) atoms. The Morgan fingerprint density at radius 2 is 1.14 bits per heavy atom.